The van der Waals surface area contributed by atoms with Crippen LogP contribution in [0.5, 0.6) is 0 Å². The van der Waals surface area contributed by atoms with Crippen LogP contribution in [-0.4, -0.2) is 20.6 Å². The highest BCUT2D eigenvalue weighted by molar-refractivity contribution is 7.92. The first-order valence-electron chi connectivity index (χ1n) is 10.5. The smallest absolute Gasteiger partial charge is 0.251 e. The minimum atomic E-state index is -3.51. The Kier molecular flexibility index (Phi) is 6.53. The van der Waals surface area contributed by atoms with Crippen LogP contribution in [0.4, 0.5) is 5.69 Å². The molecule has 1 aliphatic rings. The number of aryl methyl sites for hydroxylation is 1. The summed E-state index contributed by atoms with van der Waals surface area (Å²) in [6.45, 7) is 0.150. The van der Waals surface area contributed by atoms with Crippen LogP contribution in [0.3, 0.4) is 0 Å². The van der Waals surface area contributed by atoms with Crippen molar-refractivity contribution >= 4 is 33.2 Å². The molecule has 5 nitrogen and oxygen atoms in total. The Balaban J connectivity index is 1.48. The van der Waals surface area contributed by atoms with E-state index in [9.17, 15) is 13.2 Å². The molecule has 0 bridgehead atoms. The normalized spacial score (nSPS) is 15.6. The molecule has 1 aliphatic carbocycles. The number of amides is 1. The number of benzene rings is 3. The zero-order valence-corrected chi connectivity index (χ0v) is 19.4. The Morgan fingerprint density at radius 1 is 1.06 bits per heavy atom. The van der Waals surface area contributed by atoms with Crippen molar-refractivity contribution in [1.82, 2.24) is 5.32 Å². The fourth-order valence-electron chi connectivity index (χ4n) is 4.10. The van der Waals surface area contributed by atoms with E-state index in [2.05, 4.69) is 17.4 Å². The maximum Gasteiger partial charge on any atom is 0.251 e. The third-order valence-electron chi connectivity index (χ3n) is 5.71. The number of fused-ring (bicyclic) bond motifs is 1. The fourth-order valence-corrected chi connectivity index (χ4v) is 5.17. The van der Waals surface area contributed by atoms with Crippen molar-refractivity contribution in [3.05, 3.63) is 100 Å². The summed E-state index contributed by atoms with van der Waals surface area (Å²) in [6.07, 6.45) is 4.17. The molecule has 1 N–H and O–H groups in total. The third-order valence-corrected chi connectivity index (χ3v) is 7.09. The van der Waals surface area contributed by atoms with Gasteiger partial charge in [0.05, 0.1) is 24.5 Å². The lowest BCUT2D eigenvalue weighted by atomic mass is 9.87. The standard InChI is InChI=1S/C25H25ClN2O3S/c1-32(30,31)28(22-9-5-8-21(26)16-22)17-18-12-14-20(15-13-18)25(29)27-24-11-4-7-19-6-2-3-10-23(19)24/h2-3,5-6,8-10,12-16,24H,4,7,11,17H2,1H3,(H,27,29)/t24-/m0/s1. The number of hydrogen-bond acceptors (Lipinski definition) is 3. The van der Waals surface area contributed by atoms with E-state index in [-0.39, 0.29) is 18.5 Å². The van der Waals surface area contributed by atoms with Crippen molar-refractivity contribution in [2.75, 3.05) is 10.6 Å². The quantitative estimate of drug-likeness (QED) is 0.546. The van der Waals surface area contributed by atoms with E-state index in [4.69, 9.17) is 11.6 Å². The zero-order chi connectivity index (χ0) is 22.7. The van der Waals surface area contributed by atoms with Gasteiger partial charge in [-0.15, -0.1) is 0 Å². The zero-order valence-electron chi connectivity index (χ0n) is 17.8. The number of nitrogens with zero attached hydrogens (tertiary/aromatic N) is 1. The van der Waals surface area contributed by atoms with Crippen LogP contribution >= 0.6 is 11.6 Å². The van der Waals surface area contributed by atoms with E-state index >= 15 is 0 Å². The summed E-state index contributed by atoms with van der Waals surface area (Å²) in [6, 6.07) is 22.0. The Morgan fingerprint density at radius 2 is 1.81 bits per heavy atom. The van der Waals surface area contributed by atoms with Gasteiger partial charge in [0.2, 0.25) is 10.0 Å². The number of sulfonamides is 1. The minimum absolute atomic E-state index is 0.00989. The summed E-state index contributed by atoms with van der Waals surface area (Å²) < 4.78 is 26.0. The summed E-state index contributed by atoms with van der Waals surface area (Å²) in [5.41, 5.74) is 4.30. The van der Waals surface area contributed by atoms with Crippen molar-refractivity contribution in [2.24, 2.45) is 0 Å². The number of carbonyl (C=O) groups is 1. The second-order valence-electron chi connectivity index (χ2n) is 8.06. The lowest BCUT2D eigenvalue weighted by Crippen LogP contribution is -2.31. The van der Waals surface area contributed by atoms with Gasteiger partial charge in [0.25, 0.3) is 5.91 Å². The second-order valence-corrected chi connectivity index (χ2v) is 10.4. The number of hydrogen-bond donors (Lipinski definition) is 1. The van der Waals surface area contributed by atoms with Gasteiger partial charge in [0.15, 0.2) is 0 Å². The highest BCUT2D eigenvalue weighted by Gasteiger charge is 2.22. The number of nitrogens with one attached hydrogen (secondary N) is 1. The molecule has 7 heteroatoms. The van der Waals surface area contributed by atoms with Gasteiger partial charge < -0.3 is 5.32 Å². The van der Waals surface area contributed by atoms with Gasteiger partial charge in [-0.3, -0.25) is 9.10 Å². The van der Waals surface area contributed by atoms with Crippen LogP contribution in [0.25, 0.3) is 0 Å². The maximum absolute atomic E-state index is 12.8. The van der Waals surface area contributed by atoms with Gasteiger partial charge in [-0.1, -0.05) is 54.1 Å². The Bertz CT molecular complexity index is 1230. The Morgan fingerprint density at radius 3 is 2.53 bits per heavy atom. The van der Waals surface area contributed by atoms with Crippen LogP contribution in [0, 0.1) is 0 Å². The van der Waals surface area contributed by atoms with E-state index in [0.717, 1.165) is 31.1 Å². The van der Waals surface area contributed by atoms with E-state index in [0.29, 0.717) is 16.3 Å². The lowest BCUT2D eigenvalue weighted by Gasteiger charge is -2.26. The first-order chi connectivity index (χ1) is 15.3. The summed E-state index contributed by atoms with van der Waals surface area (Å²) in [7, 11) is -3.51. The first kappa shape index (κ1) is 22.4. The molecule has 0 spiro atoms. The monoisotopic (exact) mass is 468 g/mol. The van der Waals surface area contributed by atoms with Crippen LogP contribution in [0.1, 0.15) is 45.9 Å². The van der Waals surface area contributed by atoms with Gasteiger partial charge in [-0.05, 0) is 66.3 Å². The Hall–Kier alpha value is -2.83. The number of carbonyl (C=O) groups excluding carboxylic acids is 1. The molecule has 0 unspecified atom stereocenters. The number of anilines is 1. The van der Waals surface area contributed by atoms with Crippen molar-refractivity contribution in [3.63, 3.8) is 0 Å². The van der Waals surface area contributed by atoms with Crippen LogP contribution in [-0.2, 0) is 23.0 Å². The molecule has 0 radical (unpaired) electrons. The summed E-state index contributed by atoms with van der Waals surface area (Å²) in [5, 5.41) is 3.61. The molecule has 0 aromatic heterocycles. The molecule has 0 heterocycles. The SMILES string of the molecule is CS(=O)(=O)N(Cc1ccc(C(=O)N[C@H]2CCCc3ccccc32)cc1)c1cccc(Cl)c1. The third kappa shape index (κ3) is 5.14. The van der Waals surface area contributed by atoms with E-state index < -0.39 is 10.0 Å². The van der Waals surface area contributed by atoms with E-state index in [1.165, 1.54) is 15.4 Å². The summed E-state index contributed by atoms with van der Waals surface area (Å²) >= 11 is 6.04. The molecule has 4 rings (SSSR count). The molecule has 32 heavy (non-hydrogen) atoms. The van der Waals surface area contributed by atoms with Gasteiger partial charge in [0.1, 0.15) is 0 Å². The van der Waals surface area contributed by atoms with E-state index in [1.807, 2.05) is 12.1 Å². The molecule has 3 aromatic carbocycles. The highest BCUT2D eigenvalue weighted by Crippen LogP contribution is 2.30. The molecule has 0 fully saturated rings. The largest absolute Gasteiger partial charge is 0.345 e. The number of rotatable bonds is 6. The van der Waals surface area contributed by atoms with Crippen molar-refractivity contribution in [2.45, 2.75) is 31.8 Å². The topological polar surface area (TPSA) is 66.5 Å². The average Bonchev–Trinajstić information content (AvgIpc) is 2.77. The van der Waals surface area contributed by atoms with Crippen LogP contribution < -0.4 is 9.62 Å². The molecular formula is C25H25ClN2O3S. The predicted octanol–water partition coefficient (Wildman–Crippen LogP) is 5.11. The van der Waals surface area contributed by atoms with Crippen LogP contribution in [0.15, 0.2) is 72.8 Å². The van der Waals surface area contributed by atoms with Crippen LogP contribution in [0.2, 0.25) is 5.02 Å². The maximum atomic E-state index is 12.8. The molecule has 1 atom stereocenters. The average molecular weight is 469 g/mol. The first-order valence-corrected chi connectivity index (χ1v) is 12.7. The predicted molar refractivity (Wildman–Crippen MR) is 129 cm³/mol. The molecule has 0 aliphatic heterocycles. The molecule has 0 saturated carbocycles. The Labute approximate surface area is 194 Å². The molecule has 3 aromatic rings. The summed E-state index contributed by atoms with van der Waals surface area (Å²) in [5.74, 6) is -0.131. The van der Waals surface area contributed by atoms with Gasteiger partial charge in [-0.2, -0.15) is 0 Å². The van der Waals surface area contributed by atoms with Crippen molar-refractivity contribution in [3.8, 4) is 0 Å². The summed E-state index contributed by atoms with van der Waals surface area (Å²) in [4.78, 5) is 12.8. The van der Waals surface area contributed by atoms with Gasteiger partial charge >= 0.3 is 0 Å². The minimum Gasteiger partial charge on any atom is -0.345 e. The van der Waals surface area contributed by atoms with Crippen molar-refractivity contribution < 1.29 is 13.2 Å². The highest BCUT2D eigenvalue weighted by atomic mass is 35.5. The molecule has 1 amide bonds. The van der Waals surface area contributed by atoms with Gasteiger partial charge in [0, 0.05) is 10.6 Å². The van der Waals surface area contributed by atoms with Gasteiger partial charge in [-0.25, -0.2) is 8.42 Å². The molecule has 166 valence electrons. The molecule has 0 saturated heterocycles. The number of halogens is 1. The molecular weight excluding hydrogens is 444 g/mol. The van der Waals surface area contributed by atoms with Crippen molar-refractivity contribution in [1.29, 1.82) is 0 Å². The lowest BCUT2D eigenvalue weighted by molar-refractivity contribution is 0.0932. The fraction of sp³-hybridized carbons (Fsp3) is 0.240. The van der Waals surface area contributed by atoms with E-state index in [1.54, 1.807) is 48.5 Å². The second kappa shape index (κ2) is 9.35.